The van der Waals surface area contributed by atoms with E-state index in [9.17, 15) is 14.7 Å². The van der Waals surface area contributed by atoms with Gasteiger partial charge in [-0.3, -0.25) is 9.59 Å². The Balaban J connectivity index is 2.19. The highest BCUT2D eigenvalue weighted by Gasteiger charge is 2.33. The largest absolute Gasteiger partial charge is 0.491 e. The zero-order valence-electron chi connectivity index (χ0n) is 27.2. The fourth-order valence-corrected chi connectivity index (χ4v) is 5.19. The summed E-state index contributed by atoms with van der Waals surface area (Å²) in [5.41, 5.74) is 1.96. The van der Waals surface area contributed by atoms with E-state index in [-0.39, 0.29) is 43.3 Å². The van der Waals surface area contributed by atoms with Gasteiger partial charge in [0.15, 0.2) is 0 Å². The number of carbonyl (C=O) groups is 2. The van der Waals surface area contributed by atoms with Crippen molar-refractivity contribution >= 4 is 11.8 Å². The molecule has 0 aromatic heterocycles. The highest BCUT2D eigenvalue weighted by molar-refractivity contribution is 5.78. The number of hydrogen-bond donors (Lipinski definition) is 2. The number of carbonyl (C=O) groups excluding carboxylic acids is 2. The van der Waals surface area contributed by atoms with Crippen LogP contribution in [-0.4, -0.2) is 103 Å². The van der Waals surface area contributed by atoms with Crippen LogP contribution in [0.4, 0.5) is 0 Å². The molecule has 0 fully saturated rings. The quantitative estimate of drug-likeness (QED) is 0.251. The Bertz CT molecular complexity index is 938. The van der Waals surface area contributed by atoms with Crippen molar-refractivity contribution in [3.8, 4) is 5.75 Å². The number of hydrogen-bond acceptors (Lipinski definition) is 7. The zero-order chi connectivity index (χ0) is 31.1. The minimum atomic E-state index is -0.660. The van der Waals surface area contributed by atoms with E-state index in [1.807, 2.05) is 28.0 Å². The second kappa shape index (κ2) is 18.5. The molecular weight excluding hydrogens is 534 g/mol. The van der Waals surface area contributed by atoms with Gasteiger partial charge in [0.1, 0.15) is 31.7 Å². The molecule has 0 unspecified atom stereocenters. The van der Waals surface area contributed by atoms with Gasteiger partial charge in [0.25, 0.3) is 0 Å². The number of amides is 2. The Hall–Kier alpha value is -2.20. The molecule has 42 heavy (non-hydrogen) atoms. The van der Waals surface area contributed by atoms with Crippen molar-refractivity contribution in [1.29, 1.82) is 0 Å². The lowest BCUT2D eigenvalue weighted by molar-refractivity contribution is -0.149. The van der Waals surface area contributed by atoms with Gasteiger partial charge in [-0.25, -0.2) is 0 Å². The Morgan fingerprint density at radius 1 is 0.881 bits per heavy atom. The molecule has 9 heteroatoms. The van der Waals surface area contributed by atoms with Gasteiger partial charge < -0.3 is 34.4 Å². The van der Waals surface area contributed by atoms with E-state index in [1.165, 1.54) is 0 Å². The maximum Gasteiger partial charge on any atom is 0.248 e. The molecule has 0 heterocycles. The molecule has 0 spiro atoms. The zero-order valence-corrected chi connectivity index (χ0v) is 27.2. The SMILES string of the molecule is CCCN(CCC)C(=O)CO[C@H]1Cc2cccc(OC[C@H](O)CNC(C)(C)C)c2C[C@@H]1OCC(=O)N(CCC)CCC. The summed E-state index contributed by atoms with van der Waals surface area (Å²) in [6.45, 7) is 17.8. The molecule has 9 nitrogen and oxygen atoms in total. The summed E-state index contributed by atoms with van der Waals surface area (Å²) in [5.74, 6) is 0.647. The number of benzene rings is 1. The minimum absolute atomic E-state index is 0.0191. The first-order chi connectivity index (χ1) is 20.0. The van der Waals surface area contributed by atoms with Crippen LogP contribution in [-0.2, 0) is 31.9 Å². The fraction of sp³-hybridized carbons (Fsp3) is 0.758. The molecule has 0 saturated heterocycles. The second-order valence-electron chi connectivity index (χ2n) is 12.4. The monoisotopic (exact) mass is 591 g/mol. The average molecular weight is 592 g/mol. The highest BCUT2D eigenvalue weighted by Crippen LogP contribution is 2.32. The minimum Gasteiger partial charge on any atom is -0.491 e. The number of nitrogens with one attached hydrogen (secondary N) is 1. The maximum atomic E-state index is 13.0. The van der Waals surface area contributed by atoms with Crippen molar-refractivity contribution in [2.45, 2.75) is 111 Å². The van der Waals surface area contributed by atoms with Crippen LogP contribution in [0.2, 0.25) is 0 Å². The van der Waals surface area contributed by atoms with Crippen molar-refractivity contribution in [2.24, 2.45) is 0 Å². The standard InChI is InChI=1S/C33H57N3O6/c1-8-15-35(16-9-2)31(38)23-41-29-19-25-13-12-14-28(40-22-26(37)21-34-33(5,6)7)27(25)20-30(29)42-24-32(39)36(17-10-3)18-11-4/h12-14,26,29-30,34,37H,8-11,15-24H2,1-7H3/t26-,29+,30+/m1/s1. The number of aliphatic hydroxyl groups is 1. The van der Waals surface area contributed by atoms with E-state index < -0.39 is 12.2 Å². The molecule has 1 aliphatic carbocycles. The molecule has 2 rings (SSSR count). The number of nitrogens with zero attached hydrogens (tertiary/aromatic N) is 2. The van der Waals surface area contributed by atoms with Crippen molar-refractivity contribution in [3.63, 3.8) is 0 Å². The van der Waals surface area contributed by atoms with Crippen LogP contribution in [0.1, 0.15) is 85.3 Å². The smallest absolute Gasteiger partial charge is 0.248 e. The van der Waals surface area contributed by atoms with Crippen molar-refractivity contribution < 1.29 is 28.9 Å². The molecule has 2 amide bonds. The fourth-order valence-electron chi connectivity index (χ4n) is 5.19. The summed E-state index contributed by atoms with van der Waals surface area (Å²) in [6, 6.07) is 5.90. The van der Waals surface area contributed by atoms with Crippen LogP contribution in [0.25, 0.3) is 0 Å². The predicted octanol–water partition coefficient (Wildman–Crippen LogP) is 3.98. The van der Waals surface area contributed by atoms with Gasteiger partial charge in [-0.2, -0.15) is 0 Å². The van der Waals surface area contributed by atoms with Crippen molar-refractivity contribution in [3.05, 3.63) is 29.3 Å². The molecule has 0 saturated carbocycles. The molecular formula is C33H57N3O6. The number of ether oxygens (including phenoxy) is 3. The number of rotatable bonds is 19. The van der Waals surface area contributed by atoms with Crippen LogP contribution in [0.5, 0.6) is 5.75 Å². The average Bonchev–Trinajstić information content (AvgIpc) is 2.95. The van der Waals surface area contributed by atoms with Crippen molar-refractivity contribution in [1.82, 2.24) is 15.1 Å². The Kier molecular flexibility index (Phi) is 15.8. The molecule has 1 aliphatic rings. The van der Waals surface area contributed by atoms with Crippen LogP contribution < -0.4 is 10.1 Å². The van der Waals surface area contributed by atoms with E-state index in [2.05, 4.69) is 53.8 Å². The first-order valence-corrected chi connectivity index (χ1v) is 16.0. The third-order valence-electron chi connectivity index (χ3n) is 7.29. The van der Waals surface area contributed by atoms with Crippen LogP contribution in [0, 0.1) is 0 Å². The molecule has 1 aromatic rings. The summed E-state index contributed by atoms with van der Waals surface area (Å²) in [5, 5.41) is 13.8. The Morgan fingerprint density at radius 3 is 1.86 bits per heavy atom. The lowest BCUT2D eigenvalue weighted by Crippen LogP contribution is -2.44. The van der Waals surface area contributed by atoms with Gasteiger partial charge >= 0.3 is 0 Å². The van der Waals surface area contributed by atoms with Crippen molar-refractivity contribution in [2.75, 3.05) is 52.5 Å². The lowest BCUT2D eigenvalue weighted by Gasteiger charge is -2.34. The summed E-state index contributed by atoms with van der Waals surface area (Å²) in [7, 11) is 0. The maximum absolute atomic E-state index is 13.0. The second-order valence-corrected chi connectivity index (χ2v) is 12.4. The van der Waals surface area contributed by atoms with Crippen LogP contribution in [0.15, 0.2) is 18.2 Å². The van der Waals surface area contributed by atoms with Gasteiger partial charge in [-0.15, -0.1) is 0 Å². The van der Waals surface area contributed by atoms with E-state index in [4.69, 9.17) is 14.2 Å². The highest BCUT2D eigenvalue weighted by atomic mass is 16.5. The number of fused-ring (bicyclic) bond motifs is 1. The van der Waals surface area contributed by atoms with Gasteiger partial charge in [-0.1, -0.05) is 39.8 Å². The molecule has 3 atom stereocenters. The van der Waals surface area contributed by atoms with Gasteiger partial charge in [-0.05, 0) is 58.1 Å². The number of aliphatic hydroxyl groups excluding tert-OH is 1. The van der Waals surface area contributed by atoms with Gasteiger partial charge in [0, 0.05) is 56.7 Å². The first kappa shape index (κ1) is 36.0. The predicted molar refractivity (Wildman–Crippen MR) is 167 cm³/mol. The van der Waals surface area contributed by atoms with E-state index in [1.54, 1.807) is 0 Å². The number of β-amino-alcohol motifs (C(OH)–C–C–N with tert-alkyl or cyclic N) is 1. The van der Waals surface area contributed by atoms with E-state index in [0.29, 0.717) is 51.3 Å². The summed E-state index contributed by atoms with van der Waals surface area (Å²) in [4.78, 5) is 29.7. The topological polar surface area (TPSA) is 101 Å². The van der Waals surface area contributed by atoms with Crippen LogP contribution >= 0.6 is 0 Å². The Morgan fingerprint density at radius 2 is 1.38 bits per heavy atom. The van der Waals surface area contributed by atoms with E-state index >= 15 is 0 Å². The summed E-state index contributed by atoms with van der Waals surface area (Å²) in [6.07, 6.45) is 3.15. The summed E-state index contributed by atoms with van der Waals surface area (Å²) < 4.78 is 18.6. The lowest BCUT2D eigenvalue weighted by atomic mass is 9.87. The molecule has 240 valence electrons. The molecule has 0 radical (unpaired) electrons. The Labute approximate surface area is 254 Å². The van der Waals surface area contributed by atoms with E-state index in [0.717, 1.165) is 36.8 Å². The third-order valence-corrected chi connectivity index (χ3v) is 7.29. The third kappa shape index (κ3) is 12.2. The van der Waals surface area contributed by atoms with Gasteiger partial charge in [0.2, 0.25) is 11.8 Å². The first-order valence-electron chi connectivity index (χ1n) is 16.0. The van der Waals surface area contributed by atoms with Gasteiger partial charge in [0.05, 0.1) is 12.2 Å². The molecule has 2 N–H and O–H groups in total. The van der Waals surface area contributed by atoms with Crippen LogP contribution in [0.3, 0.4) is 0 Å². The molecule has 0 aliphatic heterocycles. The normalized spacial score (nSPS) is 17.4. The summed E-state index contributed by atoms with van der Waals surface area (Å²) >= 11 is 0. The molecule has 0 bridgehead atoms. The molecule has 1 aromatic carbocycles.